The lowest BCUT2D eigenvalue weighted by Crippen LogP contribution is -2.37. The first-order valence-corrected chi connectivity index (χ1v) is 6.25. The number of hydrogen-bond donors (Lipinski definition) is 2. The predicted octanol–water partition coefficient (Wildman–Crippen LogP) is 1.14. The first-order valence-electron chi connectivity index (χ1n) is 6.25. The molecule has 0 spiro atoms. The van der Waals surface area contributed by atoms with Crippen molar-refractivity contribution in [1.82, 2.24) is 10.6 Å². The Hall–Kier alpha value is -1.84. The van der Waals surface area contributed by atoms with Crippen LogP contribution in [0.25, 0.3) is 0 Å². The highest BCUT2D eigenvalue weighted by molar-refractivity contribution is 5.86. The Morgan fingerprint density at radius 2 is 2.06 bits per heavy atom. The Kier molecular flexibility index (Phi) is 3.97. The number of rotatable bonds is 5. The maximum absolute atomic E-state index is 11.5. The number of carbonyl (C=O) groups is 2. The molecule has 0 aromatic heterocycles. The molecule has 1 aromatic rings. The van der Waals surface area contributed by atoms with Gasteiger partial charge in [-0.1, -0.05) is 29.8 Å². The monoisotopic (exact) mass is 246 g/mol. The molecule has 1 aromatic carbocycles. The van der Waals surface area contributed by atoms with Gasteiger partial charge in [0.2, 0.25) is 11.8 Å². The number of aryl methyl sites for hydroxylation is 1. The summed E-state index contributed by atoms with van der Waals surface area (Å²) in [4.78, 5) is 22.9. The second-order valence-electron chi connectivity index (χ2n) is 4.76. The minimum atomic E-state index is -0.148. The molecule has 4 heteroatoms. The van der Waals surface area contributed by atoms with E-state index >= 15 is 0 Å². The minimum absolute atomic E-state index is 0.000653. The fourth-order valence-corrected chi connectivity index (χ4v) is 1.74. The molecule has 2 amide bonds. The average molecular weight is 246 g/mol. The van der Waals surface area contributed by atoms with Crippen LogP contribution in [0, 0.1) is 12.8 Å². The van der Waals surface area contributed by atoms with Gasteiger partial charge in [-0.15, -0.1) is 0 Å². The van der Waals surface area contributed by atoms with Crippen molar-refractivity contribution in [3.05, 3.63) is 35.4 Å². The second kappa shape index (κ2) is 5.67. The maximum Gasteiger partial charge on any atom is 0.239 e. The summed E-state index contributed by atoms with van der Waals surface area (Å²) in [6.07, 6.45) is 1.91. The van der Waals surface area contributed by atoms with E-state index in [0.29, 0.717) is 6.54 Å². The van der Waals surface area contributed by atoms with Crippen molar-refractivity contribution in [3.8, 4) is 0 Å². The van der Waals surface area contributed by atoms with E-state index in [1.165, 1.54) is 5.56 Å². The molecule has 0 heterocycles. The van der Waals surface area contributed by atoms with Crippen molar-refractivity contribution in [3.63, 3.8) is 0 Å². The molecule has 1 fully saturated rings. The van der Waals surface area contributed by atoms with Crippen LogP contribution >= 0.6 is 0 Å². The van der Waals surface area contributed by atoms with Gasteiger partial charge in [0.05, 0.1) is 6.54 Å². The standard InChI is InChI=1S/C14H18N2O2/c1-10-3-2-4-11(7-10)8-15-13(17)9-16-14(18)12-5-6-12/h2-4,7,12H,5-6,8-9H2,1H3,(H,15,17)(H,16,18). The summed E-state index contributed by atoms with van der Waals surface area (Å²) in [6.45, 7) is 2.59. The van der Waals surface area contributed by atoms with Gasteiger partial charge in [-0.05, 0) is 25.3 Å². The molecule has 0 aliphatic heterocycles. The summed E-state index contributed by atoms with van der Waals surface area (Å²) < 4.78 is 0. The second-order valence-corrected chi connectivity index (χ2v) is 4.76. The summed E-state index contributed by atoms with van der Waals surface area (Å²) in [5.41, 5.74) is 2.24. The zero-order chi connectivity index (χ0) is 13.0. The van der Waals surface area contributed by atoms with E-state index < -0.39 is 0 Å². The van der Waals surface area contributed by atoms with Crippen LogP contribution in [0.5, 0.6) is 0 Å². The van der Waals surface area contributed by atoms with Gasteiger partial charge in [-0.3, -0.25) is 9.59 Å². The summed E-state index contributed by atoms with van der Waals surface area (Å²) in [7, 11) is 0. The van der Waals surface area contributed by atoms with Gasteiger partial charge < -0.3 is 10.6 Å². The topological polar surface area (TPSA) is 58.2 Å². The highest BCUT2D eigenvalue weighted by Gasteiger charge is 2.29. The van der Waals surface area contributed by atoms with Gasteiger partial charge in [0.15, 0.2) is 0 Å². The zero-order valence-electron chi connectivity index (χ0n) is 10.5. The van der Waals surface area contributed by atoms with Crippen LogP contribution in [-0.2, 0) is 16.1 Å². The lowest BCUT2D eigenvalue weighted by Gasteiger charge is -2.07. The van der Waals surface area contributed by atoms with Crippen LogP contribution in [-0.4, -0.2) is 18.4 Å². The fraction of sp³-hybridized carbons (Fsp3) is 0.429. The Bertz CT molecular complexity index is 453. The molecule has 18 heavy (non-hydrogen) atoms. The summed E-state index contributed by atoms with van der Waals surface area (Å²) in [6, 6.07) is 7.98. The van der Waals surface area contributed by atoms with E-state index in [1.54, 1.807) is 0 Å². The normalized spacial score (nSPS) is 14.1. The first kappa shape index (κ1) is 12.6. The predicted molar refractivity (Wildman–Crippen MR) is 68.8 cm³/mol. The molecule has 2 N–H and O–H groups in total. The average Bonchev–Trinajstić information content (AvgIpc) is 3.17. The Morgan fingerprint density at radius 3 is 2.72 bits per heavy atom. The highest BCUT2D eigenvalue weighted by Crippen LogP contribution is 2.28. The van der Waals surface area contributed by atoms with Crippen LogP contribution in [0.1, 0.15) is 24.0 Å². The molecule has 96 valence electrons. The molecule has 0 atom stereocenters. The summed E-state index contributed by atoms with van der Waals surface area (Å²) in [5, 5.41) is 5.43. The minimum Gasteiger partial charge on any atom is -0.350 e. The van der Waals surface area contributed by atoms with Gasteiger partial charge in [0, 0.05) is 12.5 Å². The SMILES string of the molecule is Cc1cccc(CNC(=O)CNC(=O)C2CC2)c1. The largest absolute Gasteiger partial charge is 0.350 e. The van der Waals surface area contributed by atoms with E-state index in [2.05, 4.69) is 10.6 Å². The fourth-order valence-electron chi connectivity index (χ4n) is 1.74. The smallest absolute Gasteiger partial charge is 0.239 e. The van der Waals surface area contributed by atoms with Crippen LogP contribution < -0.4 is 10.6 Å². The molecule has 1 aliphatic rings. The molecule has 4 nitrogen and oxygen atoms in total. The number of amides is 2. The lowest BCUT2D eigenvalue weighted by molar-refractivity contribution is -0.126. The summed E-state index contributed by atoms with van der Waals surface area (Å²) >= 11 is 0. The molecule has 0 unspecified atom stereocenters. The van der Waals surface area contributed by atoms with Crippen molar-refractivity contribution < 1.29 is 9.59 Å². The van der Waals surface area contributed by atoms with E-state index in [4.69, 9.17) is 0 Å². The Balaban J connectivity index is 1.69. The van der Waals surface area contributed by atoms with Crippen molar-refractivity contribution in [1.29, 1.82) is 0 Å². The van der Waals surface area contributed by atoms with Gasteiger partial charge in [-0.2, -0.15) is 0 Å². The number of nitrogens with one attached hydrogen (secondary N) is 2. The molecule has 1 saturated carbocycles. The Morgan fingerprint density at radius 1 is 1.28 bits per heavy atom. The third-order valence-corrected chi connectivity index (χ3v) is 2.94. The lowest BCUT2D eigenvalue weighted by atomic mass is 10.1. The van der Waals surface area contributed by atoms with Crippen molar-refractivity contribution in [2.45, 2.75) is 26.3 Å². The molecule has 0 radical (unpaired) electrons. The van der Waals surface area contributed by atoms with Crippen LogP contribution in [0.15, 0.2) is 24.3 Å². The van der Waals surface area contributed by atoms with Crippen molar-refractivity contribution in [2.24, 2.45) is 5.92 Å². The Labute approximate surface area is 107 Å². The van der Waals surface area contributed by atoms with Gasteiger partial charge in [0.25, 0.3) is 0 Å². The number of hydrogen-bond acceptors (Lipinski definition) is 2. The van der Waals surface area contributed by atoms with E-state index in [0.717, 1.165) is 18.4 Å². The number of benzene rings is 1. The van der Waals surface area contributed by atoms with Gasteiger partial charge in [-0.25, -0.2) is 0 Å². The molecule has 0 saturated heterocycles. The third-order valence-electron chi connectivity index (χ3n) is 2.94. The molecule has 0 bridgehead atoms. The highest BCUT2D eigenvalue weighted by atomic mass is 16.2. The quantitative estimate of drug-likeness (QED) is 0.818. The number of carbonyl (C=O) groups excluding carboxylic acids is 2. The zero-order valence-corrected chi connectivity index (χ0v) is 10.5. The van der Waals surface area contributed by atoms with Crippen molar-refractivity contribution in [2.75, 3.05) is 6.54 Å². The molecular weight excluding hydrogens is 228 g/mol. The van der Waals surface area contributed by atoms with E-state index in [1.807, 2.05) is 31.2 Å². The molecule has 2 rings (SSSR count). The molecule has 1 aliphatic carbocycles. The van der Waals surface area contributed by atoms with Crippen LogP contribution in [0.4, 0.5) is 0 Å². The third kappa shape index (κ3) is 3.87. The maximum atomic E-state index is 11.5. The van der Waals surface area contributed by atoms with Crippen LogP contribution in [0.3, 0.4) is 0 Å². The van der Waals surface area contributed by atoms with E-state index in [-0.39, 0.29) is 24.3 Å². The van der Waals surface area contributed by atoms with Gasteiger partial charge >= 0.3 is 0 Å². The van der Waals surface area contributed by atoms with Crippen LogP contribution in [0.2, 0.25) is 0 Å². The van der Waals surface area contributed by atoms with Crippen molar-refractivity contribution >= 4 is 11.8 Å². The van der Waals surface area contributed by atoms with Gasteiger partial charge in [0.1, 0.15) is 0 Å². The van der Waals surface area contributed by atoms with E-state index in [9.17, 15) is 9.59 Å². The molecular formula is C14H18N2O2. The summed E-state index contributed by atoms with van der Waals surface area (Å²) in [5.74, 6) is 0.000726. The first-order chi connectivity index (χ1) is 8.65.